The van der Waals surface area contributed by atoms with Crippen molar-refractivity contribution >= 4 is 5.82 Å². The van der Waals surface area contributed by atoms with E-state index in [1.54, 1.807) is 6.08 Å². The van der Waals surface area contributed by atoms with Crippen LogP contribution in [0.5, 0.6) is 5.88 Å². The Labute approximate surface area is 71.1 Å². The van der Waals surface area contributed by atoms with Gasteiger partial charge in [0, 0.05) is 0 Å². The van der Waals surface area contributed by atoms with Gasteiger partial charge in [-0.05, 0) is 6.92 Å². The third-order valence-corrected chi connectivity index (χ3v) is 1.41. The van der Waals surface area contributed by atoms with Gasteiger partial charge in [-0.1, -0.05) is 12.7 Å². The second kappa shape index (κ2) is 3.71. The lowest BCUT2D eigenvalue weighted by Crippen LogP contribution is -2.02. The molecule has 1 rings (SSSR count). The summed E-state index contributed by atoms with van der Waals surface area (Å²) in [7, 11) is 0. The van der Waals surface area contributed by atoms with Crippen molar-refractivity contribution in [1.82, 2.24) is 9.97 Å². The Balaban J connectivity index is 2.84. The van der Waals surface area contributed by atoms with Gasteiger partial charge >= 0.3 is 0 Å². The molecule has 0 saturated heterocycles. The first kappa shape index (κ1) is 8.52. The summed E-state index contributed by atoms with van der Waals surface area (Å²) in [5.74, 6) is 0.964. The van der Waals surface area contributed by atoms with Crippen molar-refractivity contribution < 1.29 is 4.74 Å². The molecule has 0 amide bonds. The van der Waals surface area contributed by atoms with E-state index in [0.717, 1.165) is 5.56 Å². The van der Waals surface area contributed by atoms with Crippen molar-refractivity contribution in [3.63, 3.8) is 0 Å². The molecule has 1 aromatic rings. The summed E-state index contributed by atoms with van der Waals surface area (Å²) in [6, 6.07) is 0. The maximum atomic E-state index is 5.54. The highest BCUT2D eigenvalue weighted by atomic mass is 16.5. The summed E-state index contributed by atoms with van der Waals surface area (Å²) >= 11 is 0. The molecule has 0 spiro atoms. The van der Waals surface area contributed by atoms with Gasteiger partial charge < -0.3 is 10.5 Å². The smallest absolute Gasteiger partial charge is 0.221 e. The molecule has 0 unspecified atom stereocenters. The van der Waals surface area contributed by atoms with Crippen molar-refractivity contribution in [2.24, 2.45) is 0 Å². The first-order chi connectivity index (χ1) is 5.75. The van der Waals surface area contributed by atoms with E-state index < -0.39 is 0 Å². The molecule has 2 N–H and O–H groups in total. The number of hydrogen-bond donors (Lipinski definition) is 1. The Bertz CT molecular complexity index is 286. The first-order valence-electron chi connectivity index (χ1n) is 3.56. The normalized spacial score (nSPS) is 9.42. The number of anilines is 1. The SMILES string of the molecule is C=CCOc1ncnc(N)c1C. The summed E-state index contributed by atoms with van der Waals surface area (Å²) in [5.41, 5.74) is 6.30. The van der Waals surface area contributed by atoms with Gasteiger partial charge in [0.25, 0.3) is 0 Å². The van der Waals surface area contributed by atoms with E-state index in [-0.39, 0.29) is 0 Å². The van der Waals surface area contributed by atoms with Crippen molar-refractivity contribution in [1.29, 1.82) is 0 Å². The van der Waals surface area contributed by atoms with Gasteiger partial charge in [-0.25, -0.2) is 9.97 Å². The Kier molecular flexibility index (Phi) is 2.63. The molecule has 4 nitrogen and oxygen atoms in total. The molecule has 64 valence electrons. The number of hydrogen-bond acceptors (Lipinski definition) is 4. The lowest BCUT2D eigenvalue weighted by molar-refractivity contribution is 0.345. The summed E-state index contributed by atoms with van der Waals surface area (Å²) < 4.78 is 5.22. The molecule has 0 saturated carbocycles. The summed E-state index contributed by atoms with van der Waals surface area (Å²) in [4.78, 5) is 7.72. The van der Waals surface area contributed by atoms with Crippen molar-refractivity contribution in [3.8, 4) is 5.88 Å². The van der Waals surface area contributed by atoms with Crippen LogP contribution in [0.25, 0.3) is 0 Å². The van der Waals surface area contributed by atoms with Crippen LogP contribution < -0.4 is 10.5 Å². The zero-order valence-electron chi connectivity index (χ0n) is 6.95. The standard InChI is InChI=1S/C8H11N3O/c1-3-4-12-8-6(2)7(9)10-5-11-8/h3,5H,1,4H2,2H3,(H2,9,10,11). The molecule has 0 aliphatic carbocycles. The number of rotatable bonds is 3. The predicted molar refractivity (Wildman–Crippen MR) is 46.9 cm³/mol. The van der Waals surface area contributed by atoms with Crippen LogP contribution in [-0.4, -0.2) is 16.6 Å². The molecule has 1 aromatic heterocycles. The average molecular weight is 165 g/mol. The minimum Gasteiger partial charge on any atom is -0.473 e. The number of aromatic nitrogens is 2. The van der Waals surface area contributed by atoms with Crippen molar-refractivity contribution in [2.75, 3.05) is 12.3 Å². The highest BCUT2D eigenvalue weighted by Crippen LogP contribution is 2.16. The van der Waals surface area contributed by atoms with E-state index >= 15 is 0 Å². The Morgan fingerprint density at radius 1 is 1.67 bits per heavy atom. The molecule has 0 aromatic carbocycles. The maximum Gasteiger partial charge on any atom is 0.221 e. The summed E-state index contributed by atoms with van der Waals surface area (Å²) in [5, 5.41) is 0. The highest BCUT2D eigenvalue weighted by molar-refractivity contribution is 5.43. The summed E-state index contributed by atoms with van der Waals surface area (Å²) in [6.07, 6.45) is 3.03. The lowest BCUT2D eigenvalue weighted by Gasteiger charge is -2.05. The van der Waals surface area contributed by atoms with Crippen LogP contribution in [0.3, 0.4) is 0 Å². The minimum atomic E-state index is 0.428. The van der Waals surface area contributed by atoms with Gasteiger partial charge in [0.2, 0.25) is 5.88 Å². The van der Waals surface area contributed by atoms with Crippen LogP contribution in [0.15, 0.2) is 19.0 Å². The Morgan fingerprint density at radius 2 is 2.42 bits per heavy atom. The molecule has 0 atom stereocenters. The molecule has 0 radical (unpaired) electrons. The van der Waals surface area contributed by atoms with Gasteiger partial charge in [-0.2, -0.15) is 0 Å². The predicted octanol–water partition coefficient (Wildman–Crippen LogP) is 0.932. The van der Waals surface area contributed by atoms with Gasteiger partial charge in [0.1, 0.15) is 18.8 Å². The van der Waals surface area contributed by atoms with Crippen LogP contribution in [0.2, 0.25) is 0 Å². The monoisotopic (exact) mass is 165 g/mol. The minimum absolute atomic E-state index is 0.428. The van der Waals surface area contributed by atoms with Crippen LogP contribution >= 0.6 is 0 Å². The lowest BCUT2D eigenvalue weighted by atomic mass is 10.3. The van der Waals surface area contributed by atoms with Crippen LogP contribution in [-0.2, 0) is 0 Å². The largest absolute Gasteiger partial charge is 0.473 e. The van der Waals surface area contributed by atoms with E-state index in [2.05, 4.69) is 16.5 Å². The topological polar surface area (TPSA) is 61.0 Å². The fraction of sp³-hybridized carbons (Fsp3) is 0.250. The van der Waals surface area contributed by atoms with Gasteiger partial charge in [0.15, 0.2) is 0 Å². The molecule has 0 fully saturated rings. The number of ether oxygens (including phenoxy) is 1. The molecular formula is C8H11N3O. The molecular weight excluding hydrogens is 154 g/mol. The van der Waals surface area contributed by atoms with E-state index in [1.807, 2.05) is 6.92 Å². The van der Waals surface area contributed by atoms with Crippen LogP contribution in [0.1, 0.15) is 5.56 Å². The number of nitrogen functional groups attached to an aromatic ring is 1. The quantitative estimate of drug-likeness (QED) is 0.677. The van der Waals surface area contributed by atoms with Gasteiger partial charge in [-0.3, -0.25) is 0 Å². The average Bonchev–Trinajstić information content (AvgIpc) is 2.08. The van der Waals surface area contributed by atoms with Crippen molar-refractivity contribution in [2.45, 2.75) is 6.92 Å². The molecule has 12 heavy (non-hydrogen) atoms. The molecule has 0 aliphatic rings. The fourth-order valence-electron chi connectivity index (χ4n) is 0.730. The van der Waals surface area contributed by atoms with E-state index in [4.69, 9.17) is 10.5 Å². The highest BCUT2D eigenvalue weighted by Gasteiger charge is 2.03. The summed E-state index contributed by atoms with van der Waals surface area (Å²) in [6.45, 7) is 5.77. The first-order valence-corrected chi connectivity index (χ1v) is 3.56. The number of nitrogens with zero attached hydrogens (tertiary/aromatic N) is 2. The second-order valence-corrected chi connectivity index (χ2v) is 2.29. The third-order valence-electron chi connectivity index (χ3n) is 1.41. The Morgan fingerprint density at radius 3 is 3.08 bits per heavy atom. The molecule has 0 bridgehead atoms. The zero-order valence-corrected chi connectivity index (χ0v) is 6.95. The maximum absolute atomic E-state index is 5.54. The third kappa shape index (κ3) is 1.72. The zero-order chi connectivity index (χ0) is 8.97. The van der Waals surface area contributed by atoms with Crippen molar-refractivity contribution in [3.05, 3.63) is 24.5 Å². The fourth-order valence-corrected chi connectivity index (χ4v) is 0.730. The van der Waals surface area contributed by atoms with Gasteiger partial charge in [0.05, 0.1) is 5.56 Å². The van der Waals surface area contributed by atoms with Gasteiger partial charge in [-0.15, -0.1) is 0 Å². The molecule has 4 heteroatoms. The molecule has 1 heterocycles. The van der Waals surface area contributed by atoms with Crippen LogP contribution in [0.4, 0.5) is 5.82 Å². The number of nitrogens with two attached hydrogens (primary N) is 1. The molecule has 0 aliphatic heterocycles. The van der Waals surface area contributed by atoms with E-state index in [9.17, 15) is 0 Å². The van der Waals surface area contributed by atoms with E-state index in [0.29, 0.717) is 18.3 Å². The van der Waals surface area contributed by atoms with Crippen LogP contribution in [0, 0.1) is 6.92 Å². The van der Waals surface area contributed by atoms with E-state index in [1.165, 1.54) is 6.33 Å². The second-order valence-electron chi connectivity index (χ2n) is 2.29. The Hall–Kier alpha value is -1.58.